The summed E-state index contributed by atoms with van der Waals surface area (Å²) in [6.07, 6.45) is 0. The van der Waals surface area contributed by atoms with Gasteiger partial charge in [0, 0.05) is 11.5 Å². The van der Waals surface area contributed by atoms with Crippen LogP contribution in [-0.2, 0) is 15.3 Å². The Morgan fingerprint density at radius 3 is 2.74 bits per heavy atom. The number of fused-ring (bicyclic) bond motifs is 1. The molecule has 0 aliphatic rings. The van der Waals surface area contributed by atoms with Gasteiger partial charge in [-0.05, 0) is 16.3 Å². The lowest BCUT2D eigenvalue weighted by Crippen LogP contribution is -2.14. The molecule has 0 N–H and O–H groups in total. The molecule has 2 nitrogen and oxygen atoms in total. The molecule has 0 amide bonds. The fourth-order valence-corrected chi connectivity index (χ4v) is 3.11. The van der Waals surface area contributed by atoms with Gasteiger partial charge >= 0.3 is 5.97 Å². The highest BCUT2D eigenvalue weighted by atomic mass is 32.2. The highest BCUT2D eigenvalue weighted by Gasteiger charge is 2.12. The fraction of sp³-hybridized carbons (Fsp3) is 0.312. The van der Waals surface area contributed by atoms with E-state index in [1.54, 1.807) is 11.8 Å². The second kappa shape index (κ2) is 6.62. The van der Waals surface area contributed by atoms with E-state index in [1.165, 1.54) is 23.4 Å². The van der Waals surface area contributed by atoms with Crippen molar-refractivity contribution in [1.29, 1.82) is 0 Å². The van der Waals surface area contributed by atoms with Crippen molar-refractivity contribution < 1.29 is 9.53 Å². The summed E-state index contributed by atoms with van der Waals surface area (Å²) in [5.74, 6) is 1.52. The van der Waals surface area contributed by atoms with Crippen LogP contribution in [0.25, 0.3) is 10.8 Å². The summed E-state index contributed by atoms with van der Waals surface area (Å²) < 4.78 is 4.73. The van der Waals surface area contributed by atoms with Gasteiger partial charge in [-0.15, -0.1) is 0 Å². The number of benzene rings is 2. The molecule has 0 saturated heterocycles. The number of thioether (sulfide) groups is 1. The van der Waals surface area contributed by atoms with E-state index in [1.807, 2.05) is 6.92 Å². The van der Waals surface area contributed by atoms with E-state index < -0.39 is 0 Å². The predicted molar refractivity (Wildman–Crippen MR) is 81.3 cm³/mol. The van der Waals surface area contributed by atoms with Gasteiger partial charge in [0.2, 0.25) is 0 Å². The van der Waals surface area contributed by atoms with Gasteiger partial charge in [0.25, 0.3) is 0 Å². The molecule has 0 radical (unpaired) electrons. The van der Waals surface area contributed by atoms with Gasteiger partial charge in [0.15, 0.2) is 0 Å². The Hall–Kier alpha value is -1.48. The van der Waals surface area contributed by atoms with Crippen molar-refractivity contribution in [3.63, 3.8) is 0 Å². The van der Waals surface area contributed by atoms with Crippen molar-refractivity contribution in [2.24, 2.45) is 5.92 Å². The van der Waals surface area contributed by atoms with Crippen molar-refractivity contribution in [3.8, 4) is 0 Å². The normalized spacial score (nSPS) is 12.3. The molecular formula is C16H18O2S. The number of ether oxygens (including phenoxy) is 1. The number of carbonyl (C=O) groups excluding carboxylic acids is 1. The summed E-state index contributed by atoms with van der Waals surface area (Å²) in [7, 11) is 1.44. The van der Waals surface area contributed by atoms with Crippen LogP contribution in [-0.4, -0.2) is 18.8 Å². The molecule has 2 aromatic carbocycles. The van der Waals surface area contributed by atoms with Gasteiger partial charge in [-0.25, -0.2) is 0 Å². The second-order valence-corrected chi connectivity index (χ2v) is 5.61. The third-order valence-electron chi connectivity index (χ3n) is 3.11. The van der Waals surface area contributed by atoms with E-state index in [4.69, 9.17) is 4.74 Å². The van der Waals surface area contributed by atoms with E-state index in [0.717, 1.165) is 11.5 Å². The van der Waals surface area contributed by atoms with E-state index >= 15 is 0 Å². The largest absolute Gasteiger partial charge is 0.469 e. The van der Waals surface area contributed by atoms with Crippen LogP contribution in [0.2, 0.25) is 0 Å². The van der Waals surface area contributed by atoms with Gasteiger partial charge in [-0.1, -0.05) is 49.4 Å². The topological polar surface area (TPSA) is 26.3 Å². The Balaban J connectivity index is 2.00. The first-order chi connectivity index (χ1) is 9.22. The number of esters is 1. The molecule has 0 spiro atoms. The van der Waals surface area contributed by atoms with E-state index in [2.05, 4.69) is 42.5 Å². The zero-order valence-corrected chi connectivity index (χ0v) is 12.1. The fourth-order valence-electron chi connectivity index (χ4n) is 2.03. The Morgan fingerprint density at radius 1 is 1.21 bits per heavy atom. The van der Waals surface area contributed by atoms with Crippen molar-refractivity contribution in [1.82, 2.24) is 0 Å². The average Bonchev–Trinajstić information content (AvgIpc) is 2.46. The minimum absolute atomic E-state index is 0.0509. The van der Waals surface area contributed by atoms with Gasteiger partial charge < -0.3 is 4.74 Å². The lowest BCUT2D eigenvalue weighted by molar-refractivity contribution is -0.143. The minimum Gasteiger partial charge on any atom is -0.469 e. The molecule has 100 valence electrons. The third-order valence-corrected chi connectivity index (χ3v) is 4.36. The Morgan fingerprint density at radius 2 is 1.95 bits per heavy atom. The highest BCUT2D eigenvalue weighted by Crippen LogP contribution is 2.23. The molecule has 0 saturated carbocycles. The summed E-state index contributed by atoms with van der Waals surface area (Å²) in [6.45, 7) is 1.90. The summed E-state index contributed by atoms with van der Waals surface area (Å²) in [5, 5.41) is 2.56. The molecule has 3 heteroatoms. The Kier molecular flexibility index (Phi) is 4.86. The first kappa shape index (κ1) is 13.9. The van der Waals surface area contributed by atoms with Crippen LogP contribution in [0.1, 0.15) is 12.5 Å². The molecule has 2 aromatic rings. The number of hydrogen-bond acceptors (Lipinski definition) is 3. The lowest BCUT2D eigenvalue weighted by Gasteiger charge is -2.10. The Labute approximate surface area is 118 Å². The molecule has 2 rings (SSSR count). The van der Waals surface area contributed by atoms with Crippen LogP contribution in [0.15, 0.2) is 42.5 Å². The van der Waals surface area contributed by atoms with E-state index in [-0.39, 0.29) is 11.9 Å². The predicted octanol–water partition coefficient (Wildman–Crippen LogP) is 3.88. The van der Waals surface area contributed by atoms with Gasteiger partial charge in [0.05, 0.1) is 13.0 Å². The highest BCUT2D eigenvalue weighted by molar-refractivity contribution is 7.98. The van der Waals surface area contributed by atoms with Crippen molar-refractivity contribution in [2.75, 3.05) is 12.9 Å². The molecule has 1 unspecified atom stereocenters. The maximum atomic E-state index is 11.3. The summed E-state index contributed by atoms with van der Waals surface area (Å²) in [6, 6.07) is 14.8. The van der Waals surface area contributed by atoms with Gasteiger partial charge in [-0.3, -0.25) is 4.79 Å². The maximum Gasteiger partial charge on any atom is 0.309 e. The van der Waals surface area contributed by atoms with Gasteiger partial charge in [0.1, 0.15) is 0 Å². The van der Waals surface area contributed by atoms with Crippen LogP contribution in [0, 0.1) is 5.92 Å². The lowest BCUT2D eigenvalue weighted by atomic mass is 10.1. The van der Waals surface area contributed by atoms with Crippen LogP contribution >= 0.6 is 11.8 Å². The maximum absolute atomic E-state index is 11.3. The van der Waals surface area contributed by atoms with Crippen LogP contribution in [0.3, 0.4) is 0 Å². The summed E-state index contributed by atoms with van der Waals surface area (Å²) in [5.41, 5.74) is 1.32. The zero-order valence-electron chi connectivity index (χ0n) is 11.3. The van der Waals surface area contributed by atoms with Crippen LogP contribution in [0.4, 0.5) is 0 Å². The monoisotopic (exact) mass is 274 g/mol. The van der Waals surface area contributed by atoms with Crippen molar-refractivity contribution in [2.45, 2.75) is 12.7 Å². The quantitative estimate of drug-likeness (QED) is 0.774. The molecule has 19 heavy (non-hydrogen) atoms. The smallest absolute Gasteiger partial charge is 0.309 e. The number of hydrogen-bond donors (Lipinski definition) is 0. The summed E-state index contributed by atoms with van der Waals surface area (Å²) >= 11 is 1.77. The molecule has 0 fully saturated rings. The van der Waals surface area contributed by atoms with Crippen molar-refractivity contribution in [3.05, 3.63) is 48.0 Å². The number of methoxy groups -OCH3 is 1. The van der Waals surface area contributed by atoms with Gasteiger partial charge in [-0.2, -0.15) is 11.8 Å². The second-order valence-electron chi connectivity index (χ2n) is 4.58. The SMILES string of the molecule is COC(=O)C(C)CSCc1cccc2ccccc12. The molecule has 0 aliphatic heterocycles. The van der Waals surface area contributed by atoms with Crippen LogP contribution in [0.5, 0.6) is 0 Å². The van der Waals surface area contributed by atoms with Crippen LogP contribution < -0.4 is 0 Å². The standard InChI is InChI=1S/C16H18O2S/c1-12(16(17)18-2)10-19-11-14-8-5-7-13-6-3-4-9-15(13)14/h3-9,12H,10-11H2,1-2H3. The first-order valence-corrected chi connectivity index (χ1v) is 7.50. The molecule has 0 heterocycles. The Bertz CT molecular complexity index is 560. The number of rotatable bonds is 5. The van der Waals surface area contributed by atoms with Crippen molar-refractivity contribution >= 4 is 28.5 Å². The van der Waals surface area contributed by atoms with E-state index in [0.29, 0.717) is 0 Å². The molecule has 1 atom stereocenters. The third kappa shape index (κ3) is 3.51. The molecule has 0 aliphatic carbocycles. The van der Waals surface area contributed by atoms with E-state index in [9.17, 15) is 4.79 Å². The molecule has 0 aromatic heterocycles. The molecule has 0 bridgehead atoms. The summed E-state index contributed by atoms with van der Waals surface area (Å²) in [4.78, 5) is 11.3. The zero-order chi connectivity index (χ0) is 13.7. The number of carbonyl (C=O) groups is 1. The first-order valence-electron chi connectivity index (χ1n) is 6.34. The average molecular weight is 274 g/mol. The molecular weight excluding hydrogens is 256 g/mol. The minimum atomic E-state index is -0.134.